The zero-order chi connectivity index (χ0) is 13.8. The number of anilines is 1. The number of hydrogen-bond donors (Lipinski definition) is 3. The number of aromatic amines is 1. The van der Waals surface area contributed by atoms with Crippen molar-refractivity contribution in [2.75, 3.05) is 18.4 Å². The molecule has 7 nitrogen and oxygen atoms in total. The molecule has 2 aromatic heterocycles. The molecule has 2 aromatic rings. The highest BCUT2D eigenvalue weighted by Gasteiger charge is 2.10. The van der Waals surface area contributed by atoms with Gasteiger partial charge in [-0.1, -0.05) is 13.8 Å². The number of carbonyl (C=O) groups is 1. The summed E-state index contributed by atoms with van der Waals surface area (Å²) in [5.41, 5.74) is 1.09. The molecule has 0 saturated heterocycles. The van der Waals surface area contributed by atoms with E-state index in [9.17, 15) is 4.79 Å². The van der Waals surface area contributed by atoms with Crippen molar-refractivity contribution in [3.8, 4) is 0 Å². The summed E-state index contributed by atoms with van der Waals surface area (Å²) < 4.78 is 0. The van der Waals surface area contributed by atoms with E-state index in [1.54, 1.807) is 0 Å². The van der Waals surface area contributed by atoms with Crippen molar-refractivity contribution in [3.05, 3.63) is 11.6 Å². The lowest BCUT2D eigenvalue weighted by Crippen LogP contribution is -2.32. The summed E-state index contributed by atoms with van der Waals surface area (Å²) >= 11 is 5.78. The van der Waals surface area contributed by atoms with E-state index in [2.05, 4.69) is 30.6 Å². The molecule has 0 unspecified atom stereocenters. The Morgan fingerprint density at radius 2 is 2.26 bits per heavy atom. The number of fused-ring (bicyclic) bond motifs is 1. The Labute approximate surface area is 115 Å². The van der Waals surface area contributed by atoms with Crippen molar-refractivity contribution < 1.29 is 4.79 Å². The molecule has 8 heteroatoms. The highest BCUT2D eigenvalue weighted by Crippen LogP contribution is 2.17. The Balaban J connectivity index is 2.01. The number of aromatic nitrogens is 4. The van der Waals surface area contributed by atoms with Gasteiger partial charge in [0.15, 0.2) is 11.5 Å². The Morgan fingerprint density at radius 3 is 3.00 bits per heavy atom. The van der Waals surface area contributed by atoms with Gasteiger partial charge in [0.1, 0.15) is 5.52 Å². The maximum Gasteiger partial charge on any atom is 0.239 e. The monoisotopic (exact) mass is 282 g/mol. The lowest BCUT2D eigenvalue weighted by atomic mass is 10.2. The third-order valence-electron chi connectivity index (χ3n) is 2.38. The molecule has 0 radical (unpaired) electrons. The van der Waals surface area contributed by atoms with E-state index in [1.165, 1.54) is 6.33 Å². The van der Waals surface area contributed by atoms with E-state index in [0.717, 1.165) is 0 Å². The predicted octanol–water partition coefficient (Wildman–Crippen LogP) is 1.19. The summed E-state index contributed by atoms with van der Waals surface area (Å²) in [5.74, 6) is 0.778. The Bertz CT molecular complexity index is 582. The second kappa shape index (κ2) is 5.83. The van der Waals surface area contributed by atoms with Crippen molar-refractivity contribution in [2.24, 2.45) is 5.92 Å². The molecule has 3 N–H and O–H groups in total. The first-order chi connectivity index (χ1) is 9.06. The van der Waals surface area contributed by atoms with Crippen LogP contribution in [0.1, 0.15) is 13.8 Å². The summed E-state index contributed by atoms with van der Waals surface area (Å²) in [6, 6.07) is 0. The first-order valence-corrected chi connectivity index (χ1v) is 6.31. The minimum Gasteiger partial charge on any atom is -0.359 e. The van der Waals surface area contributed by atoms with Gasteiger partial charge in [-0.25, -0.2) is 4.98 Å². The fourth-order valence-electron chi connectivity index (χ4n) is 1.48. The van der Waals surface area contributed by atoms with E-state index in [1.807, 2.05) is 13.8 Å². The van der Waals surface area contributed by atoms with Crippen LogP contribution in [0.2, 0.25) is 5.28 Å². The molecule has 0 bridgehead atoms. The average molecular weight is 283 g/mol. The predicted molar refractivity (Wildman–Crippen MR) is 73.0 cm³/mol. The minimum atomic E-state index is -0.101. The Hall–Kier alpha value is -1.89. The number of nitrogens with zero attached hydrogens (tertiary/aromatic N) is 3. The highest BCUT2D eigenvalue weighted by molar-refractivity contribution is 6.28. The zero-order valence-electron chi connectivity index (χ0n) is 10.7. The molecule has 102 valence electrons. The molecule has 0 saturated carbocycles. The molecule has 2 rings (SSSR count). The molecule has 0 aliphatic carbocycles. The van der Waals surface area contributed by atoms with Crippen LogP contribution in [-0.2, 0) is 4.79 Å². The molecule has 0 spiro atoms. The molecular weight excluding hydrogens is 268 g/mol. The number of nitrogens with one attached hydrogen (secondary N) is 3. The number of rotatable bonds is 5. The van der Waals surface area contributed by atoms with Gasteiger partial charge in [0.25, 0.3) is 0 Å². The molecule has 2 heterocycles. The van der Waals surface area contributed by atoms with Crippen molar-refractivity contribution in [1.29, 1.82) is 0 Å². The lowest BCUT2D eigenvalue weighted by Gasteiger charge is -2.09. The van der Waals surface area contributed by atoms with Crippen LogP contribution in [0.5, 0.6) is 0 Å². The molecular formula is C11H15ClN6O. The summed E-state index contributed by atoms with van der Waals surface area (Å²) in [4.78, 5) is 26.5. The second-order valence-electron chi connectivity index (χ2n) is 4.49. The Kier molecular flexibility index (Phi) is 4.16. The molecule has 0 atom stereocenters. The fourth-order valence-corrected chi connectivity index (χ4v) is 1.64. The van der Waals surface area contributed by atoms with Gasteiger partial charge >= 0.3 is 0 Å². The molecule has 0 aliphatic rings. The highest BCUT2D eigenvalue weighted by atomic mass is 35.5. The number of carbonyl (C=O) groups excluding carboxylic acids is 1. The van der Waals surface area contributed by atoms with E-state index < -0.39 is 0 Å². The van der Waals surface area contributed by atoms with Crippen LogP contribution in [0, 0.1) is 5.92 Å². The Morgan fingerprint density at radius 1 is 1.47 bits per heavy atom. The SMILES string of the molecule is CC(C)CNC(=O)CNc1nc(Cl)nc2nc[nH]c12. The quantitative estimate of drug-likeness (QED) is 0.716. The smallest absolute Gasteiger partial charge is 0.239 e. The summed E-state index contributed by atoms with van der Waals surface area (Å²) in [6.45, 7) is 4.83. The first kappa shape index (κ1) is 13.5. The number of imidazole rings is 1. The lowest BCUT2D eigenvalue weighted by molar-refractivity contribution is -0.119. The van der Waals surface area contributed by atoms with Gasteiger partial charge in [0.2, 0.25) is 11.2 Å². The normalized spacial score (nSPS) is 10.9. The van der Waals surface area contributed by atoms with Crippen molar-refractivity contribution in [2.45, 2.75) is 13.8 Å². The number of hydrogen-bond acceptors (Lipinski definition) is 5. The number of amides is 1. The van der Waals surface area contributed by atoms with Gasteiger partial charge in [-0.3, -0.25) is 4.79 Å². The fraction of sp³-hybridized carbons (Fsp3) is 0.455. The van der Waals surface area contributed by atoms with Crippen molar-refractivity contribution in [1.82, 2.24) is 25.3 Å². The average Bonchev–Trinajstić information content (AvgIpc) is 2.81. The van der Waals surface area contributed by atoms with Crippen molar-refractivity contribution >= 4 is 34.5 Å². The van der Waals surface area contributed by atoms with Crippen LogP contribution in [0.4, 0.5) is 5.82 Å². The third-order valence-corrected chi connectivity index (χ3v) is 2.55. The van der Waals surface area contributed by atoms with Crippen LogP contribution in [-0.4, -0.2) is 38.9 Å². The van der Waals surface area contributed by atoms with Gasteiger partial charge in [0, 0.05) is 6.54 Å². The molecule has 0 aromatic carbocycles. The number of halogens is 1. The maximum atomic E-state index is 11.6. The topological polar surface area (TPSA) is 95.6 Å². The first-order valence-electron chi connectivity index (χ1n) is 5.93. The van der Waals surface area contributed by atoms with E-state index in [4.69, 9.17) is 11.6 Å². The molecule has 1 amide bonds. The van der Waals surface area contributed by atoms with Gasteiger partial charge < -0.3 is 15.6 Å². The maximum absolute atomic E-state index is 11.6. The van der Waals surface area contributed by atoms with E-state index in [-0.39, 0.29) is 17.7 Å². The van der Waals surface area contributed by atoms with Gasteiger partial charge in [-0.15, -0.1) is 0 Å². The molecule has 0 fully saturated rings. The van der Waals surface area contributed by atoms with Gasteiger partial charge in [-0.2, -0.15) is 9.97 Å². The van der Waals surface area contributed by atoms with E-state index >= 15 is 0 Å². The van der Waals surface area contributed by atoms with Gasteiger partial charge in [0.05, 0.1) is 12.9 Å². The standard InChI is InChI=1S/C11H15ClN6O/c1-6(2)3-13-7(19)4-14-9-8-10(16-5-15-8)18-11(12)17-9/h5-6H,3-4H2,1-2H3,(H,13,19)(H2,14,15,16,17,18). The van der Waals surface area contributed by atoms with Crippen LogP contribution in [0.3, 0.4) is 0 Å². The number of H-pyrrole nitrogens is 1. The van der Waals surface area contributed by atoms with Gasteiger partial charge in [-0.05, 0) is 17.5 Å². The summed E-state index contributed by atoms with van der Waals surface area (Å²) in [5, 5.41) is 5.81. The molecule has 0 aliphatic heterocycles. The second-order valence-corrected chi connectivity index (χ2v) is 4.83. The zero-order valence-corrected chi connectivity index (χ0v) is 11.5. The van der Waals surface area contributed by atoms with Crippen molar-refractivity contribution in [3.63, 3.8) is 0 Å². The third kappa shape index (κ3) is 3.54. The minimum absolute atomic E-state index is 0.0877. The summed E-state index contributed by atoms with van der Waals surface area (Å²) in [7, 11) is 0. The largest absolute Gasteiger partial charge is 0.359 e. The van der Waals surface area contributed by atoms with Crippen LogP contribution >= 0.6 is 11.6 Å². The van der Waals surface area contributed by atoms with Crippen LogP contribution in [0.15, 0.2) is 6.33 Å². The molecule has 19 heavy (non-hydrogen) atoms. The summed E-state index contributed by atoms with van der Waals surface area (Å²) in [6.07, 6.45) is 1.50. The van der Waals surface area contributed by atoms with Crippen LogP contribution in [0.25, 0.3) is 11.2 Å². The van der Waals surface area contributed by atoms with Crippen LogP contribution < -0.4 is 10.6 Å². The van der Waals surface area contributed by atoms with E-state index in [0.29, 0.717) is 29.4 Å².